The summed E-state index contributed by atoms with van der Waals surface area (Å²) in [4.78, 5) is 4.57. The van der Waals surface area contributed by atoms with Crippen LogP contribution in [0.1, 0.15) is 19.6 Å². The van der Waals surface area contributed by atoms with Crippen LogP contribution < -0.4 is 15.4 Å². The minimum Gasteiger partial charge on any atom is -0.489 e. The van der Waals surface area contributed by atoms with Gasteiger partial charge in [-0.05, 0) is 38.1 Å². The molecule has 1 aromatic carbocycles. The average molecular weight is 443 g/mol. The molecule has 6 heteroatoms. The van der Waals surface area contributed by atoms with Gasteiger partial charge in [0.05, 0.1) is 12.8 Å². The van der Waals surface area contributed by atoms with Gasteiger partial charge in [-0.3, -0.25) is 0 Å². The van der Waals surface area contributed by atoms with E-state index in [0.717, 1.165) is 37.0 Å². The molecule has 0 saturated carbocycles. The summed E-state index contributed by atoms with van der Waals surface area (Å²) in [5.41, 5.74) is 0. The lowest BCUT2D eigenvalue weighted by Gasteiger charge is -2.15. The molecule has 0 aliphatic heterocycles. The van der Waals surface area contributed by atoms with Crippen LogP contribution in [0.3, 0.4) is 0 Å². The fraction of sp³-hybridized carbons (Fsp3) is 0.389. The van der Waals surface area contributed by atoms with Crippen molar-refractivity contribution in [2.45, 2.75) is 26.4 Å². The van der Waals surface area contributed by atoms with Crippen molar-refractivity contribution in [2.24, 2.45) is 4.99 Å². The first-order valence-corrected chi connectivity index (χ1v) is 8.04. The fourth-order valence-electron chi connectivity index (χ4n) is 2.09. The van der Waals surface area contributed by atoms with Crippen LogP contribution in [0.15, 0.2) is 58.1 Å². The summed E-state index contributed by atoms with van der Waals surface area (Å²) < 4.78 is 11.1. The Hall–Kier alpha value is -1.70. The van der Waals surface area contributed by atoms with Crippen molar-refractivity contribution < 1.29 is 9.15 Å². The number of benzene rings is 1. The monoisotopic (exact) mass is 443 g/mol. The van der Waals surface area contributed by atoms with Crippen LogP contribution in [0.2, 0.25) is 0 Å². The van der Waals surface area contributed by atoms with Crippen LogP contribution in [0.4, 0.5) is 0 Å². The van der Waals surface area contributed by atoms with E-state index in [-0.39, 0.29) is 30.1 Å². The molecule has 0 aliphatic carbocycles. The normalized spacial score (nSPS) is 12.2. The number of hydrogen-bond donors (Lipinski definition) is 2. The van der Waals surface area contributed by atoms with Crippen molar-refractivity contribution in [3.63, 3.8) is 0 Å². The van der Waals surface area contributed by atoms with Gasteiger partial charge >= 0.3 is 0 Å². The maximum atomic E-state index is 5.83. The summed E-state index contributed by atoms with van der Waals surface area (Å²) in [6.45, 7) is 6.25. The molecule has 2 aromatic rings. The van der Waals surface area contributed by atoms with Gasteiger partial charge in [-0.15, -0.1) is 24.0 Å². The highest BCUT2D eigenvalue weighted by Crippen LogP contribution is 2.10. The molecule has 24 heavy (non-hydrogen) atoms. The van der Waals surface area contributed by atoms with Crippen LogP contribution in [0.25, 0.3) is 0 Å². The van der Waals surface area contributed by atoms with Gasteiger partial charge in [0.15, 0.2) is 5.96 Å². The summed E-state index contributed by atoms with van der Waals surface area (Å²) in [5, 5.41) is 6.54. The number of halogens is 1. The lowest BCUT2D eigenvalue weighted by molar-refractivity contribution is 0.230. The Morgan fingerprint density at radius 3 is 2.62 bits per heavy atom. The van der Waals surface area contributed by atoms with Crippen molar-refractivity contribution in [1.29, 1.82) is 0 Å². The molecule has 1 heterocycles. The maximum Gasteiger partial charge on any atom is 0.191 e. The summed E-state index contributed by atoms with van der Waals surface area (Å²) in [6, 6.07) is 13.7. The Bertz CT molecular complexity index is 573. The Kier molecular flexibility index (Phi) is 9.98. The third-order valence-electron chi connectivity index (χ3n) is 3.18. The maximum absolute atomic E-state index is 5.83. The van der Waals surface area contributed by atoms with E-state index in [1.54, 1.807) is 6.26 Å². The second kappa shape index (κ2) is 11.8. The Morgan fingerprint density at radius 2 is 1.96 bits per heavy atom. The number of hydrogen-bond acceptors (Lipinski definition) is 3. The summed E-state index contributed by atoms with van der Waals surface area (Å²) in [6.07, 6.45) is 2.53. The quantitative estimate of drug-likeness (QED) is 0.373. The van der Waals surface area contributed by atoms with Gasteiger partial charge in [-0.1, -0.05) is 18.2 Å². The van der Waals surface area contributed by atoms with Crippen LogP contribution in [0.5, 0.6) is 5.75 Å². The van der Waals surface area contributed by atoms with Gasteiger partial charge in [-0.2, -0.15) is 0 Å². The Balaban J connectivity index is 0.00000288. The van der Waals surface area contributed by atoms with Crippen LogP contribution in [0, 0.1) is 0 Å². The second-order valence-corrected chi connectivity index (χ2v) is 5.22. The molecule has 1 unspecified atom stereocenters. The first-order chi connectivity index (χ1) is 11.3. The van der Waals surface area contributed by atoms with E-state index < -0.39 is 0 Å². The molecule has 5 nitrogen and oxygen atoms in total. The van der Waals surface area contributed by atoms with Gasteiger partial charge in [0.2, 0.25) is 0 Å². The fourth-order valence-corrected chi connectivity index (χ4v) is 2.09. The highest BCUT2D eigenvalue weighted by atomic mass is 127. The van der Waals surface area contributed by atoms with E-state index in [1.807, 2.05) is 56.3 Å². The summed E-state index contributed by atoms with van der Waals surface area (Å²) >= 11 is 0. The van der Waals surface area contributed by atoms with Gasteiger partial charge in [0.1, 0.15) is 17.6 Å². The summed E-state index contributed by atoms with van der Waals surface area (Å²) in [5.74, 6) is 2.63. The molecular formula is C18H26IN3O2. The largest absolute Gasteiger partial charge is 0.489 e. The number of nitrogens with one attached hydrogen (secondary N) is 2. The van der Waals surface area contributed by atoms with E-state index in [9.17, 15) is 0 Å². The predicted octanol–water partition coefficient (Wildman–Crippen LogP) is 3.46. The lowest BCUT2D eigenvalue weighted by Crippen LogP contribution is -2.39. The van der Waals surface area contributed by atoms with Crippen molar-refractivity contribution >= 4 is 29.9 Å². The smallest absolute Gasteiger partial charge is 0.191 e. The zero-order chi connectivity index (χ0) is 16.3. The van der Waals surface area contributed by atoms with Crippen LogP contribution in [-0.4, -0.2) is 31.7 Å². The lowest BCUT2D eigenvalue weighted by atomic mass is 10.3. The number of rotatable bonds is 8. The molecule has 1 aromatic heterocycles. The number of nitrogens with zero attached hydrogens (tertiary/aromatic N) is 1. The standard InChI is InChI=1S/C18H25N3O2.HI/c1-3-19-18(20-12-11-16-10-7-13-22-16)21-14-15(2)23-17-8-5-4-6-9-17;/h4-10,13,15H,3,11-12,14H2,1-2H3,(H2,19,20,21);1H. The molecule has 0 fully saturated rings. The minimum absolute atomic E-state index is 0. The van der Waals surface area contributed by atoms with Crippen molar-refractivity contribution in [3.8, 4) is 5.75 Å². The van der Waals surface area contributed by atoms with E-state index in [1.165, 1.54) is 0 Å². The average Bonchev–Trinajstić information content (AvgIpc) is 3.07. The first-order valence-electron chi connectivity index (χ1n) is 8.04. The summed E-state index contributed by atoms with van der Waals surface area (Å²) in [7, 11) is 0. The molecule has 2 rings (SSSR count). The molecule has 2 N–H and O–H groups in total. The molecule has 1 atom stereocenters. The van der Waals surface area contributed by atoms with Gasteiger partial charge in [0, 0.05) is 19.5 Å². The van der Waals surface area contributed by atoms with Crippen molar-refractivity contribution in [1.82, 2.24) is 10.6 Å². The third kappa shape index (κ3) is 7.72. The molecule has 0 spiro atoms. The van der Waals surface area contributed by atoms with Crippen molar-refractivity contribution in [3.05, 3.63) is 54.5 Å². The second-order valence-electron chi connectivity index (χ2n) is 5.22. The Labute approximate surface area is 160 Å². The number of ether oxygens (including phenoxy) is 1. The number of aliphatic imine (C=N–C) groups is 1. The van der Waals surface area contributed by atoms with Crippen LogP contribution in [-0.2, 0) is 6.42 Å². The van der Waals surface area contributed by atoms with E-state index in [2.05, 4.69) is 15.6 Å². The third-order valence-corrected chi connectivity index (χ3v) is 3.18. The molecule has 0 amide bonds. The topological polar surface area (TPSA) is 58.8 Å². The van der Waals surface area contributed by atoms with Crippen molar-refractivity contribution in [2.75, 3.05) is 19.6 Å². The highest BCUT2D eigenvalue weighted by molar-refractivity contribution is 14.0. The zero-order valence-corrected chi connectivity index (χ0v) is 16.5. The molecular weight excluding hydrogens is 417 g/mol. The van der Waals surface area contributed by atoms with E-state index in [4.69, 9.17) is 9.15 Å². The van der Waals surface area contributed by atoms with Crippen LogP contribution >= 0.6 is 24.0 Å². The molecule has 0 bridgehead atoms. The minimum atomic E-state index is 0. The first kappa shape index (κ1) is 20.3. The number of guanidine groups is 1. The molecule has 0 aliphatic rings. The van der Waals surface area contributed by atoms with Gasteiger partial charge < -0.3 is 19.8 Å². The van der Waals surface area contributed by atoms with E-state index >= 15 is 0 Å². The SMILES string of the molecule is CCNC(=NCC(C)Oc1ccccc1)NCCc1ccco1.I. The number of furan rings is 1. The molecule has 0 radical (unpaired) electrons. The molecule has 132 valence electrons. The van der Waals surface area contributed by atoms with Gasteiger partial charge in [0.25, 0.3) is 0 Å². The van der Waals surface area contributed by atoms with E-state index in [0.29, 0.717) is 6.54 Å². The highest BCUT2D eigenvalue weighted by Gasteiger charge is 2.04. The van der Waals surface area contributed by atoms with Gasteiger partial charge in [-0.25, -0.2) is 4.99 Å². The number of para-hydroxylation sites is 1. The molecule has 0 saturated heterocycles. The Morgan fingerprint density at radius 1 is 1.17 bits per heavy atom. The predicted molar refractivity (Wildman–Crippen MR) is 108 cm³/mol. The zero-order valence-electron chi connectivity index (χ0n) is 14.2.